The van der Waals surface area contributed by atoms with Crippen molar-refractivity contribution >= 4 is 26.1 Å². The van der Waals surface area contributed by atoms with Crippen molar-refractivity contribution in [2.45, 2.75) is 25.4 Å². The van der Waals surface area contributed by atoms with E-state index in [2.05, 4.69) is 20.7 Å². The number of nitrogens with zero attached hydrogens (tertiary/aromatic N) is 1. The van der Waals surface area contributed by atoms with Crippen molar-refractivity contribution in [3.63, 3.8) is 0 Å². The van der Waals surface area contributed by atoms with Crippen LogP contribution in [0.3, 0.4) is 0 Å². The molecule has 0 bridgehead atoms. The molecule has 1 aromatic rings. The lowest BCUT2D eigenvalue weighted by Gasteiger charge is -2.18. The Bertz CT molecular complexity index is 500. The third-order valence-corrected chi connectivity index (χ3v) is 5.01. The number of benzene rings is 1. The Balaban J connectivity index is 2.05. The summed E-state index contributed by atoms with van der Waals surface area (Å²) in [7, 11) is -1.76. The van der Waals surface area contributed by atoms with Gasteiger partial charge in [-0.3, -0.25) is 0 Å². The maximum absolute atomic E-state index is 11.9. The van der Waals surface area contributed by atoms with Crippen LogP contribution in [0.4, 0.5) is 0 Å². The molecule has 4 nitrogen and oxygen atoms in total. The monoisotopic (exact) mass is 318 g/mol. The summed E-state index contributed by atoms with van der Waals surface area (Å²) < 4.78 is 28.7. The molecule has 94 valence electrons. The molecule has 0 aliphatic heterocycles. The third kappa shape index (κ3) is 3.51. The van der Waals surface area contributed by atoms with E-state index in [9.17, 15) is 8.42 Å². The largest absolute Gasteiger partial charge is 0.279 e. The molecule has 0 aromatic heterocycles. The fourth-order valence-corrected chi connectivity index (χ4v) is 3.01. The Morgan fingerprint density at radius 3 is 2.65 bits per heavy atom. The van der Waals surface area contributed by atoms with E-state index < -0.39 is 10.2 Å². The zero-order valence-corrected chi connectivity index (χ0v) is 12.0. The first-order valence-electron chi connectivity index (χ1n) is 5.46. The molecule has 0 amide bonds. The molecule has 1 fully saturated rings. The Morgan fingerprint density at radius 1 is 1.41 bits per heavy atom. The van der Waals surface area contributed by atoms with Gasteiger partial charge in [0.2, 0.25) is 0 Å². The van der Waals surface area contributed by atoms with Crippen LogP contribution < -0.4 is 4.72 Å². The lowest BCUT2D eigenvalue weighted by atomic mass is 10.2. The van der Waals surface area contributed by atoms with Gasteiger partial charge in [-0.1, -0.05) is 34.1 Å². The van der Waals surface area contributed by atoms with Crippen molar-refractivity contribution in [2.75, 3.05) is 7.05 Å². The molecule has 1 aliphatic carbocycles. The second kappa shape index (κ2) is 5.06. The van der Waals surface area contributed by atoms with Gasteiger partial charge in [0.15, 0.2) is 0 Å². The van der Waals surface area contributed by atoms with Gasteiger partial charge in [-0.05, 0) is 24.5 Å². The summed E-state index contributed by atoms with van der Waals surface area (Å²) in [5, 5.41) is 0. The van der Waals surface area contributed by atoms with Crippen molar-refractivity contribution in [3.8, 4) is 0 Å². The Morgan fingerprint density at radius 2 is 2.06 bits per heavy atom. The molecule has 2 rings (SSSR count). The van der Waals surface area contributed by atoms with Gasteiger partial charge in [-0.2, -0.15) is 17.4 Å². The quantitative estimate of drug-likeness (QED) is 0.901. The van der Waals surface area contributed by atoms with Gasteiger partial charge >= 0.3 is 0 Å². The minimum absolute atomic E-state index is 0.140. The molecule has 0 heterocycles. The highest BCUT2D eigenvalue weighted by Gasteiger charge is 2.29. The van der Waals surface area contributed by atoms with Crippen molar-refractivity contribution in [1.29, 1.82) is 0 Å². The molecular formula is C11H15BrN2O2S. The summed E-state index contributed by atoms with van der Waals surface area (Å²) in [5.74, 6) is 0. The normalized spacial score (nSPS) is 16.4. The van der Waals surface area contributed by atoms with Gasteiger partial charge in [-0.15, -0.1) is 0 Å². The fourth-order valence-electron chi connectivity index (χ4n) is 1.45. The lowest BCUT2D eigenvalue weighted by Crippen LogP contribution is -2.38. The molecule has 0 atom stereocenters. The highest BCUT2D eigenvalue weighted by Crippen LogP contribution is 2.22. The van der Waals surface area contributed by atoms with Crippen molar-refractivity contribution in [1.82, 2.24) is 9.03 Å². The van der Waals surface area contributed by atoms with Gasteiger partial charge in [-0.25, -0.2) is 0 Å². The minimum atomic E-state index is -3.35. The van der Waals surface area contributed by atoms with E-state index in [-0.39, 0.29) is 6.04 Å². The van der Waals surface area contributed by atoms with Crippen LogP contribution in [-0.2, 0) is 16.8 Å². The van der Waals surface area contributed by atoms with Crippen LogP contribution in [-0.4, -0.2) is 25.8 Å². The van der Waals surface area contributed by atoms with Crippen molar-refractivity contribution < 1.29 is 8.42 Å². The van der Waals surface area contributed by atoms with Gasteiger partial charge in [0.1, 0.15) is 0 Å². The zero-order chi connectivity index (χ0) is 12.5. The lowest BCUT2D eigenvalue weighted by molar-refractivity contribution is 0.454. The van der Waals surface area contributed by atoms with Crippen LogP contribution >= 0.6 is 15.9 Å². The summed E-state index contributed by atoms with van der Waals surface area (Å²) in [4.78, 5) is 0. The number of hydrogen-bond acceptors (Lipinski definition) is 2. The summed E-state index contributed by atoms with van der Waals surface area (Å²) in [5.41, 5.74) is 0.955. The molecule has 0 unspecified atom stereocenters. The first-order chi connectivity index (χ1) is 7.99. The van der Waals surface area contributed by atoms with E-state index in [1.165, 1.54) is 4.31 Å². The average Bonchev–Trinajstić information content (AvgIpc) is 3.04. The SMILES string of the molecule is CN(Cc1ccccc1Br)S(=O)(=O)NC1CC1. The Labute approximate surface area is 110 Å². The summed E-state index contributed by atoms with van der Waals surface area (Å²) in [6.07, 6.45) is 1.89. The average molecular weight is 319 g/mol. The van der Waals surface area contributed by atoms with Crippen LogP contribution in [0.5, 0.6) is 0 Å². The van der Waals surface area contributed by atoms with E-state index in [0.717, 1.165) is 22.9 Å². The van der Waals surface area contributed by atoms with Crippen molar-refractivity contribution in [2.24, 2.45) is 0 Å². The summed E-state index contributed by atoms with van der Waals surface area (Å²) in [6, 6.07) is 7.76. The zero-order valence-electron chi connectivity index (χ0n) is 9.56. The predicted octanol–water partition coefficient (Wildman–Crippen LogP) is 1.88. The standard InChI is InChI=1S/C11H15BrN2O2S/c1-14(17(15,16)13-10-6-7-10)8-9-4-2-3-5-11(9)12/h2-5,10,13H,6-8H2,1H3. The Kier molecular flexibility index (Phi) is 3.87. The van der Waals surface area contributed by atoms with Crippen LogP contribution in [0.25, 0.3) is 0 Å². The first-order valence-corrected chi connectivity index (χ1v) is 7.69. The van der Waals surface area contributed by atoms with Gasteiger partial charge in [0.25, 0.3) is 10.2 Å². The first kappa shape index (κ1) is 13.0. The van der Waals surface area contributed by atoms with E-state index in [1.807, 2.05) is 24.3 Å². The fraction of sp³-hybridized carbons (Fsp3) is 0.455. The number of nitrogens with one attached hydrogen (secondary N) is 1. The van der Waals surface area contributed by atoms with Gasteiger partial charge in [0, 0.05) is 24.1 Å². The van der Waals surface area contributed by atoms with Crippen LogP contribution in [0.15, 0.2) is 28.7 Å². The predicted molar refractivity (Wildman–Crippen MR) is 70.7 cm³/mol. The summed E-state index contributed by atoms with van der Waals surface area (Å²) >= 11 is 3.41. The smallest absolute Gasteiger partial charge is 0.199 e. The maximum Gasteiger partial charge on any atom is 0.279 e. The van der Waals surface area contributed by atoms with Crippen LogP contribution in [0, 0.1) is 0 Å². The maximum atomic E-state index is 11.9. The molecule has 17 heavy (non-hydrogen) atoms. The molecule has 0 radical (unpaired) electrons. The number of halogens is 1. The summed E-state index contributed by atoms with van der Waals surface area (Å²) in [6.45, 7) is 0.365. The molecule has 0 saturated heterocycles. The minimum Gasteiger partial charge on any atom is -0.199 e. The molecule has 1 aliphatic rings. The third-order valence-electron chi connectivity index (χ3n) is 2.65. The second-order valence-corrected chi connectivity index (χ2v) is 6.91. The topological polar surface area (TPSA) is 49.4 Å². The molecule has 1 saturated carbocycles. The van der Waals surface area contributed by atoms with Crippen LogP contribution in [0.1, 0.15) is 18.4 Å². The number of rotatable bonds is 5. The highest BCUT2D eigenvalue weighted by atomic mass is 79.9. The van der Waals surface area contributed by atoms with Gasteiger partial charge < -0.3 is 0 Å². The highest BCUT2D eigenvalue weighted by molar-refractivity contribution is 9.10. The van der Waals surface area contributed by atoms with E-state index in [0.29, 0.717) is 6.54 Å². The molecular weight excluding hydrogens is 304 g/mol. The van der Waals surface area contributed by atoms with E-state index in [1.54, 1.807) is 7.05 Å². The molecule has 0 spiro atoms. The van der Waals surface area contributed by atoms with E-state index in [4.69, 9.17) is 0 Å². The number of hydrogen-bond donors (Lipinski definition) is 1. The van der Waals surface area contributed by atoms with Gasteiger partial charge in [0.05, 0.1) is 0 Å². The second-order valence-electron chi connectivity index (χ2n) is 4.24. The molecule has 1 aromatic carbocycles. The van der Waals surface area contributed by atoms with E-state index >= 15 is 0 Å². The van der Waals surface area contributed by atoms with Crippen molar-refractivity contribution in [3.05, 3.63) is 34.3 Å². The Hall–Kier alpha value is -0.430. The molecule has 1 N–H and O–H groups in total. The van der Waals surface area contributed by atoms with Crippen LogP contribution in [0.2, 0.25) is 0 Å². The molecule has 6 heteroatoms.